The lowest BCUT2D eigenvalue weighted by Gasteiger charge is -2.31. The fraction of sp³-hybridized carbons (Fsp3) is 0.0526. The molecule has 0 saturated heterocycles. The molecule has 7 heteroatoms. The topological polar surface area (TPSA) is 65.2 Å². The van der Waals surface area contributed by atoms with Crippen molar-refractivity contribution in [2.75, 3.05) is 0 Å². The molecule has 1 amide bonds. The maximum Gasteiger partial charge on any atom is 0.272 e. The largest absolute Gasteiger partial charge is 0.466 e. The molecule has 0 aliphatic heterocycles. The molecule has 2 aromatic carbocycles. The van der Waals surface area contributed by atoms with E-state index in [9.17, 15) is 9.18 Å². The van der Waals surface area contributed by atoms with Crippen molar-refractivity contribution in [1.29, 1.82) is 0 Å². The van der Waals surface area contributed by atoms with Crippen molar-refractivity contribution in [3.8, 4) is 5.75 Å². The predicted octanol–water partition coefficient (Wildman–Crippen LogP) is 4.44. The number of amides is 1. The number of hydrogen-bond donors (Lipinski definition) is 1. The monoisotopic (exact) mass is 434 g/mol. The van der Waals surface area contributed by atoms with Gasteiger partial charge in [0.1, 0.15) is 11.6 Å². The second-order valence-electron chi connectivity index (χ2n) is 5.47. The molecular formula is C19H13BrClFN2O2. The number of hydrogen-bond acceptors (Lipinski definition) is 3. The number of aromatic nitrogens is 1. The van der Waals surface area contributed by atoms with E-state index in [0.717, 1.165) is 10.7 Å². The Balaban J connectivity index is 2.20. The number of primary amides is 1. The SMILES string of the molecule is NC(=O)C(Oc1ccc(Br)cc1)(c1ccc(Cl)cc1)c1ccc(F)cn1. The molecular weight excluding hydrogens is 423 g/mol. The number of benzene rings is 2. The number of halogens is 3. The highest BCUT2D eigenvalue weighted by molar-refractivity contribution is 9.10. The van der Waals surface area contributed by atoms with Gasteiger partial charge in [-0.1, -0.05) is 39.7 Å². The van der Waals surface area contributed by atoms with Crippen LogP contribution in [0.25, 0.3) is 0 Å². The van der Waals surface area contributed by atoms with Gasteiger partial charge < -0.3 is 10.5 Å². The van der Waals surface area contributed by atoms with Crippen LogP contribution in [0.15, 0.2) is 71.3 Å². The minimum Gasteiger partial charge on any atom is -0.466 e. The van der Waals surface area contributed by atoms with Gasteiger partial charge in [-0.2, -0.15) is 0 Å². The van der Waals surface area contributed by atoms with Gasteiger partial charge in [-0.25, -0.2) is 4.39 Å². The Bertz CT molecular complexity index is 870. The molecule has 0 fully saturated rings. The number of nitrogens with zero attached hydrogens (tertiary/aromatic N) is 1. The molecule has 0 aliphatic carbocycles. The molecule has 1 aromatic heterocycles. The number of carbonyl (C=O) groups is 1. The van der Waals surface area contributed by atoms with Crippen LogP contribution in [0.5, 0.6) is 5.75 Å². The van der Waals surface area contributed by atoms with E-state index in [-0.39, 0.29) is 5.69 Å². The van der Waals surface area contributed by atoms with E-state index in [1.165, 1.54) is 12.1 Å². The molecule has 4 nitrogen and oxygen atoms in total. The van der Waals surface area contributed by atoms with Crippen LogP contribution >= 0.6 is 27.5 Å². The third-order valence-corrected chi connectivity index (χ3v) is 4.55. The second-order valence-corrected chi connectivity index (χ2v) is 6.82. The van der Waals surface area contributed by atoms with Crippen LogP contribution in [-0.2, 0) is 10.4 Å². The molecule has 0 aliphatic rings. The average Bonchev–Trinajstić information content (AvgIpc) is 2.63. The molecule has 0 saturated carbocycles. The Hall–Kier alpha value is -2.44. The van der Waals surface area contributed by atoms with Gasteiger partial charge in [0.25, 0.3) is 11.5 Å². The first-order valence-corrected chi connectivity index (χ1v) is 8.71. The summed E-state index contributed by atoms with van der Waals surface area (Å²) in [7, 11) is 0. The fourth-order valence-electron chi connectivity index (χ4n) is 2.53. The van der Waals surface area contributed by atoms with Crippen LogP contribution in [0.4, 0.5) is 4.39 Å². The summed E-state index contributed by atoms with van der Waals surface area (Å²) < 4.78 is 20.3. The quantitative estimate of drug-likeness (QED) is 0.644. The van der Waals surface area contributed by atoms with Crippen LogP contribution < -0.4 is 10.5 Å². The van der Waals surface area contributed by atoms with Crippen LogP contribution in [-0.4, -0.2) is 10.9 Å². The Labute approximate surface area is 162 Å². The van der Waals surface area contributed by atoms with Gasteiger partial charge in [-0.3, -0.25) is 9.78 Å². The van der Waals surface area contributed by atoms with E-state index >= 15 is 0 Å². The highest BCUT2D eigenvalue weighted by Gasteiger charge is 2.45. The first kappa shape index (κ1) is 18.4. The zero-order valence-corrected chi connectivity index (χ0v) is 15.7. The van der Waals surface area contributed by atoms with E-state index in [1.54, 1.807) is 48.5 Å². The summed E-state index contributed by atoms with van der Waals surface area (Å²) in [5.74, 6) is -0.929. The summed E-state index contributed by atoms with van der Waals surface area (Å²) in [6.07, 6.45) is 1.01. The number of rotatable bonds is 5. The summed E-state index contributed by atoms with van der Waals surface area (Å²) in [5.41, 5.74) is 4.60. The zero-order chi connectivity index (χ0) is 18.7. The van der Waals surface area contributed by atoms with Crippen LogP contribution in [0.1, 0.15) is 11.3 Å². The number of carbonyl (C=O) groups excluding carboxylic acids is 1. The molecule has 0 spiro atoms. The maximum atomic E-state index is 13.4. The number of ether oxygens (including phenoxy) is 1. The van der Waals surface area contributed by atoms with Gasteiger partial charge in [-0.15, -0.1) is 0 Å². The average molecular weight is 436 g/mol. The van der Waals surface area contributed by atoms with E-state index in [2.05, 4.69) is 20.9 Å². The lowest BCUT2D eigenvalue weighted by atomic mass is 9.88. The Morgan fingerprint density at radius 1 is 1.08 bits per heavy atom. The Morgan fingerprint density at radius 3 is 2.27 bits per heavy atom. The Kier molecular flexibility index (Phi) is 5.25. The van der Waals surface area contributed by atoms with Gasteiger partial charge in [0.15, 0.2) is 0 Å². The predicted molar refractivity (Wildman–Crippen MR) is 100 cm³/mol. The molecule has 26 heavy (non-hydrogen) atoms. The van der Waals surface area contributed by atoms with Gasteiger partial charge >= 0.3 is 0 Å². The summed E-state index contributed by atoms with van der Waals surface area (Å²) in [6.45, 7) is 0. The maximum absolute atomic E-state index is 13.4. The molecule has 132 valence electrons. The van der Waals surface area contributed by atoms with Crippen LogP contribution in [0.2, 0.25) is 5.02 Å². The summed E-state index contributed by atoms with van der Waals surface area (Å²) in [5, 5.41) is 0.489. The Morgan fingerprint density at radius 2 is 1.73 bits per heavy atom. The van der Waals surface area contributed by atoms with Crippen molar-refractivity contribution in [1.82, 2.24) is 4.98 Å². The van der Waals surface area contributed by atoms with Gasteiger partial charge in [-0.05, 0) is 48.5 Å². The number of nitrogens with two attached hydrogens (primary N) is 1. The molecule has 3 aromatic rings. The summed E-state index contributed by atoms with van der Waals surface area (Å²) >= 11 is 9.30. The molecule has 0 bridgehead atoms. The normalized spacial score (nSPS) is 13.0. The minimum atomic E-state index is -1.74. The van der Waals surface area contributed by atoms with E-state index in [4.69, 9.17) is 22.1 Å². The van der Waals surface area contributed by atoms with Crippen molar-refractivity contribution in [3.63, 3.8) is 0 Å². The van der Waals surface area contributed by atoms with Crippen LogP contribution in [0, 0.1) is 5.82 Å². The lowest BCUT2D eigenvalue weighted by molar-refractivity contribution is -0.131. The van der Waals surface area contributed by atoms with Crippen molar-refractivity contribution in [2.45, 2.75) is 5.60 Å². The van der Waals surface area contributed by atoms with E-state index < -0.39 is 17.3 Å². The molecule has 0 radical (unpaired) electrons. The van der Waals surface area contributed by atoms with Gasteiger partial charge in [0, 0.05) is 15.1 Å². The van der Waals surface area contributed by atoms with E-state index in [0.29, 0.717) is 16.3 Å². The highest BCUT2D eigenvalue weighted by Crippen LogP contribution is 2.35. The summed E-state index contributed by atoms with van der Waals surface area (Å²) in [6, 6.07) is 15.9. The van der Waals surface area contributed by atoms with E-state index in [1.807, 2.05) is 0 Å². The van der Waals surface area contributed by atoms with Crippen molar-refractivity contribution < 1.29 is 13.9 Å². The zero-order valence-electron chi connectivity index (χ0n) is 13.3. The second kappa shape index (κ2) is 7.43. The fourth-order valence-corrected chi connectivity index (χ4v) is 2.92. The molecule has 1 heterocycles. The number of pyridine rings is 1. The summed E-state index contributed by atoms with van der Waals surface area (Å²) in [4.78, 5) is 16.6. The third-order valence-electron chi connectivity index (χ3n) is 3.77. The molecule has 1 unspecified atom stereocenters. The molecule has 3 rings (SSSR count). The lowest BCUT2D eigenvalue weighted by Crippen LogP contribution is -2.48. The highest BCUT2D eigenvalue weighted by atomic mass is 79.9. The smallest absolute Gasteiger partial charge is 0.272 e. The molecule has 2 N–H and O–H groups in total. The van der Waals surface area contributed by atoms with Crippen molar-refractivity contribution in [2.24, 2.45) is 5.73 Å². The van der Waals surface area contributed by atoms with Gasteiger partial charge in [0.2, 0.25) is 0 Å². The standard InChI is InChI=1S/C19H13BrClFN2O2/c20-13-3-8-16(9-4-13)26-19(18(23)25,12-1-5-14(21)6-2-12)17-10-7-15(22)11-24-17/h1-11H,(H2,23,25). The first-order valence-electron chi connectivity index (χ1n) is 7.54. The first-order chi connectivity index (χ1) is 12.4. The van der Waals surface area contributed by atoms with Crippen molar-refractivity contribution in [3.05, 3.63) is 93.4 Å². The van der Waals surface area contributed by atoms with Gasteiger partial charge in [0.05, 0.1) is 11.9 Å². The molecule has 1 atom stereocenters. The third kappa shape index (κ3) is 3.57. The minimum absolute atomic E-state index is 0.164. The van der Waals surface area contributed by atoms with Crippen LogP contribution in [0.3, 0.4) is 0 Å². The van der Waals surface area contributed by atoms with Crippen molar-refractivity contribution >= 4 is 33.4 Å².